The summed E-state index contributed by atoms with van der Waals surface area (Å²) in [5.41, 5.74) is 7.03. The number of carboxylic acid groups (broad SMARTS) is 2. The van der Waals surface area contributed by atoms with Gasteiger partial charge in [-0.2, -0.15) is 4.99 Å². The van der Waals surface area contributed by atoms with Crippen molar-refractivity contribution in [3.05, 3.63) is 35.4 Å². The molecule has 190 valence electrons. The van der Waals surface area contributed by atoms with Crippen LogP contribution in [0.3, 0.4) is 0 Å². The minimum atomic E-state index is -0.991. The van der Waals surface area contributed by atoms with E-state index in [2.05, 4.69) is 15.3 Å². The van der Waals surface area contributed by atoms with Gasteiger partial charge >= 0.3 is 11.9 Å². The van der Waals surface area contributed by atoms with Gasteiger partial charge in [0.25, 0.3) is 5.91 Å². The van der Waals surface area contributed by atoms with Crippen molar-refractivity contribution >= 4 is 46.5 Å². The van der Waals surface area contributed by atoms with Crippen LogP contribution in [-0.4, -0.2) is 81.3 Å². The van der Waals surface area contributed by atoms with E-state index in [1.165, 1.54) is 0 Å². The van der Waals surface area contributed by atoms with E-state index >= 15 is 0 Å². The highest BCUT2D eigenvalue weighted by atomic mass is 32.2. The van der Waals surface area contributed by atoms with Crippen LogP contribution in [0.15, 0.2) is 34.3 Å². The van der Waals surface area contributed by atoms with E-state index in [1.807, 2.05) is 6.92 Å². The number of benzene rings is 1. The van der Waals surface area contributed by atoms with Crippen molar-refractivity contribution in [2.45, 2.75) is 50.3 Å². The highest BCUT2D eigenvalue weighted by Gasteiger charge is 2.39. The van der Waals surface area contributed by atoms with Gasteiger partial charge in [0.05, 0.1) is 6.42 Å². The third-order valence-electron chi connectivity index (χ3n) is 5.44. The number of aliphatic carboxylic acids is 2. The molecule has 1 aromatic carbocycles. The Balaban J connectivity index is 1.94. The van der Waals surface area contributed by atoms with E-state index in [1.54, 1.807) is 36.2 Å². The van der Waals surface area contributed by atoms with Crippen molar-refractivity contribution in [3.8, 4) is 0 Å². The minimum absolute atomic E-state index is 0.0383. The number of unbranched alkanes of at least 4 members (excludes halogenated alkanes) is 2. The summed E-state index contributed by atoms with van der Waals surface area (Å²) in [4.78, 5) is 56.4. The molecule has 1 saturated heterocycles. The molecule has 35 heavy (non-hydrogen) atoms. The summed E-state index contributed by atoms with van der Waals surface area (Å²) >= 11 is 1.16. The number of nitrogens with two attached hydrogens (primary N) is 1. The quantitative estimate of drug-likeness (QED) is 0.187. The molecular weight excluding hydrogens is 474 g/mol. The van der Waals surface area contributed by atoms with Crippen molar-refractivity contribution in [2.24, 2.45) is 15.7 Å². The maximum Gasteiger partial charge on any atom is 0.305 e. The molecule has 1 aliphatic rings. The van der Waals surface area contributed by atoms with Gasteiger partial charge in [0.2, 0.25) is 5.91 Å². The van der Waals surface area contributed by atoms with Gasteiger partial charge in [0.15, 0.2) is 5.17 Å². The van der Waals surface area contributed by atoms with Crippen molar-refractivity contribution < 1.29 is 29.4 Å². The van der Waals surface area contributed by atoms with Crippen molar-refractivity contribution in [1.29, 1.82) is 0 Å². The van der Waals surface area contributed by atoms with E-state index in [0.29, 0.717) is 35.1 Å². The largest absolute Gasteiger partial charge is 0.481 e. The molecule has 1 heterocycles. The summed E-state index contributed by atoms with van der Waals surface area (Å²) in [5.74, 6) is -2.22. The van der Waals surface area contributed by atoms with Gasteiger partial charge in [-0.15, -0.1) is 0 Å². The highest BCUT2D eigenvalue weighted by Crippen LogP contribution is 2.31. The fraction of sp³-hybridized carbons (Fsp3) is 0.478. The first-order chi connectivity index (χ1) is 16.6. The minimum Gasteiger partial charge on any atom is -0.481 e. The first kappa shape index (κ1) is 27.8. The van der Waals surface area contributed by atoms with E-state index in [0.717, 1.165) is 24.6 Å². The van der Waals surface area contributed by atoms with Crippen LogP contribution in [0.1, 0.15) is 54.9 Å². The predicted molar refractivity (Wildman–Crippen MR) is 134 cm³/mol. The van der Waals surface area contributed by atoms with Crippen LogP contribution in [-0.2, 0) is 14.4 Å². The SMILES string of the molecule is CC1C(C(=O)NCCC(=O)O)SC(=NC(=O)c2ccc(C(N)=NCCCCCC(=O)O)cc2)N1C. The van der Waals surface area contributed by atoms with Gasteiger partial charge in [-0.25, -0.2) is 0 Å². The van der Waals surface area contributed by atoms with E-state index in [9.17, 15) is 19.2 Å². The highest BCUT2D eigenvalue weighted by molar-refractivity contribution is 8.15. The van der Waals surface area contributed by atoms with Gasteiger partial charge in [-0.05, 0) is 31.9 Å². The van der Waals surface area contributed by atoms with Crippen LogP contribution in [0, 0.1) is 0 Å². The predicted octanol–water partition coefficient (Wildman–Crippen LogP) is 1.56. The molecule has 2 rings (SSSR count). The summed E-state index contributed by atoms with van der Waals surface area (Å²) in [7, 11) is 1.75. The molecule has 12 heteroatoms. The summed E-state index contributed by atoms with van der Waals surface area (Å²) in [6.07, 6.45) is 2.08. The lowest BCUT2D eigenvalue weighted by molar-refractivity contribution is -0.138. The van der Waals surface area contributed by atoms with Gasteiger partial charge in [-0.1, -0.05) is 30.3 Å². The number of hydrogen-bond donors (Lipinski definition) is 4. The van der Waals surface area contributed by atoms with Crippen molar-refractivity contribution in [2.75, 3.05) is 20.1 Å². The van der Waals surface area contributed by atoms with Crippen LogP contribution in [0.25, 0.3) is 0 Å². The third kappa shape index (κ3) is 8.71. The molecule has 0 saturated carbocycles. The Morgan fingerprint density at radius 2 is 1.66 bits per heavy atom. The zero-order valence-corrected chi connectivity index (χ0v) is 20.6. The number of amides is 2. The molecule has 11 nitrogen and oxygen atoms in total. The molecule has 0 aliphatic carbocycles. The lowest BCUT2D eigenvalue weighted by Crippen LogP contribution is -2.41. The Kier molecular flexibility index (Phi) is 10.7. The van der Waals surface area contributed by atoms with E-state index < -0.39 is 23.1 Å². The second-order valence-corrected chi connectivity index (χ2v) is 9.18. The number of aliphatic imine (C=N–C) groups is 2. The molecule has 1 aromatic rings. The monoisotopic (exact) mass is 505 g/mol. The molecule has 0 aromatic heterocycles. The van der Waals surface area contributed by atoms with E-state index in [-0.39, 0.29) is 31.3 Å². The standard InChI is InChI=1S/C23H31N5O6S/c1-14-19(22(34)26-13-11-18(31)32)35-23(28(14)2)27-21(33)16-9-7-15(8-10-16)20(24)25-12-5-3-4-6-17(29)30/h7-10,14,19H,3-6,11-13H2,1-2H3,(H2,24,25)(H,26,34)(H,29,30)(H,31,32). The molecule has 1 fully saturated rings. The Hall–Kier alpha value is -3.41. The van der Waals surface area contributed by atoms with E-state index in [4.69, 9.17) is 15.9 Å². The molecule has 0 radical (unpaired) electrons. The molecule has 5 N–H and O–H groups in total. The van der Waals surface area contributed by atoms with Crippen LogP contribution in [0.5, 0.6) is 0 Å². The van der Waals surface area contributed by atoms with Gasteiger partial charge in [0.1, 0.15) is 11.1 Å². The number of hydrogen-bond acceptors (Lipinski definition) is 6. The molecule has 2 unspecified atom stereocenters. The Morgan fingerprint density at radius 3 is 2.29 bits per heavy atom. The summed E-state index contributed by atoms with van der Waals surface area (Å²) in [5, 5.41) is 19.9. The first-order valence-electron chi connectivity index (χ1n) is 11.2. The van der Waals surface area contributed by atoms with Gasteiger partial charge in [-0.3, -0.25) is 24.2 Å². The topological polar surface area (TPSA) is 175 Å². The van der Waals surface area contributed by atoms with Crippen LogP contribution < -0.4 is 11.1 Å². The molecule has 0 bridgehead atoms. The number of carbonyl (C=O) groups excluding carboxylic acids is 2. The number of rotatable bonds is 12. The average Bonchev–Trinajstić information content (AvgIpc) is 3.09. The first-order valence-corrected chi connectivity index (χ1v) is 12.1. The summed E-state index contributed by atoms with van der Waals surface area (Å²) in [6, 6.07) is 6.36. The summed E-state index contributed by atoms with van der Waals surface area (Å²) in [6.45, 7) is 2.37. The average molecular weight is 506 g/mol. The van der Waals surface area contributed by atoms with Crippen molar-refractivity contribution in [3.63, 3.8) is 0 Å². The van der Waals surface area contributed by atoms with Gasteiger partial charge < -0.3 is 26.2 Å². The number of carbonyl (C=O) groups is 4. The maximum absolute atomic E-state index is 12.7. The smallest absolute Gasteiger partial charge is 0.305 e. The van der Waals surface area contributed by atoms with Crippen molar-refractivity contribution in [1.82, 2.24) is 10.2 Å². The molecule has 1 aliphatic heterocycles. The molecule has 2 amide bonds. The molecule has 2 atom stereocenters. The zero-order chi connectivity index (χ0) is 26.0. The third-order valence-corrected chi connectivity index (χ3v) is 6.89. The van der Waals surface area contributed by atoms with Crippen LogP contribution >= 0.6 is 11.8 Å². The fourth-order valence-electron chi connectivity index (χ4n) is 3.23. The second-order valence-electron chi connectivity index (χ2n) is 8.07. The Bertz CT molecular complexity index is 995. The number of nitrogens with one attached hydrogen (secondary N) is 1. The number of nitrogens with zero attached hydrogens (tertiary/aromatic N) is 3. The number of thioether (sulfide) groups is 1. The molecule has 0 spiro atoms. The van der Waals surface area contributed by atoms with Crippen LogP contribution in [0.4, 0.5) is 0 Å². The summed E-state index contributed by atoms with van der Waals surface area (Å²) < 4.78 is 0. The number of carboxylic acids is 2. The Labute approximate surface area is 207 Å². The normalized spacial score (nSPS) is 19.1. The number of amidine groups is 2. The maximum atomic E-state index is 12.7. The lowest BCUT2D eigenvalue weighted by atomic mass is 10.1. The van der Waals surface area contributed by atoms with Crippen LogP contribution in [0.2, 0.25) is 0 Å². The fourth-order valence-corrected chi connectivity index (χ4v) is 4.50. The zero-order valence-electron chi connectivity index (χ0n) is 19.8. The lowest BCUT2D eigenvalue weighted by Gasteiger charge is -2.19. The Morgan fingerprint density at radius 1 is 1.03 bits per heavy atom. The molecular formula is C23H31N5O6S. The van der Waals surface area contributed by atoms with Gasteiger partial charge in [0, 0.05) is 43.7 Å². The second kappa shape index (κ2) is 13.5.